The maximum Gasteiger partial charge on any atom is 0.252 e. The van der Waals surface area contributed by atoms with Gasteiger partial charge < -0.3 is 20.3 Å². The number of fused-ring (bicyclic) bond motifs is 1. The number of pyridine rings is 2. The molecule has 0 aliphatic carbocycles. The number of carbonyl (C=O) groups excluding carboxylic acids is 1. The van der Waals surface area contributed by atoms with Gasteiger partial charge in [-0.1, -0.05) is 11.6 Å². The Morgan fingerprint density at radius 2 is 1.77 bits per heavy atom. The van der Waals surface area contributed by atoms with Crippen LogP contribution in [0.15, 0.2) is 54.9 Å². The highest BCUT2D eigenvalue weighted by Crippen LogP contribution is 2.36. The lowest BCUT2D eigenvalue weighted by Crippen LogP contribution is -2.32. The first-order chi connectivity index (χ1) is 16.6. The number of aliphatic hydroxyl groups excluding tert-OH is 1. The first kappa shape index (κ1) is 24.3. The topological polar surface area (TPSA) is 108 Å². The van der Waals surface area contributed by atoms with E-state index in [1.54, 1.807) is 32.0 Å². The molecule has 2 aromatic heterocycles. The molecule has 180 valence electrons. The fourth-order valence-electron chi connectivity index (χ4n) is 3.40. The molecule has 2 aromatic carbocycles. The Balaban J connectivity index is 1.71. The van der Waals surface area contributed by atoms with Gasteiger partial charge in [-0.05, 0) is 50.2 Å². The molecule has 0 fully saturated rings. The highest BCUT2D eigenvalue weighted by atomic mass is 35.5. The largest absolute Gasteiger partial charge is 0.485 e. The second kappa shape index (κ2) is 9.44. The van der Waals surface area contributed by atoms with Crippen LogP contribution in [0, 0.1) is 11.6 Å². The highest BCUT2D eigenvalue weighted by molar-refractivity contribution is 6.34. The molecule has 7 nitrogen and oxygen atoms in total. The van der Waals surface area contributed by atoms with Crippen LogP contribution in [-0.2, 0) is 0 Å². The quantitative estimate of drug-likeness (QED) is 0.359. The van der Waals surface area contributed by atoms with Crippen LogP contribution in [0.4, 0.5) is 8.78 Å². The third-order valence-electron chi connectivity index (χ3n) is 5.08. The van der Waals surface area contributed by atoms with E-state index in [1.165, 1.54) is 24.5 Å². The van der Waals surface area contributed by atoms with Gasteiger partial charge in [0.25, 0.3) is 5.91 Å². The van der Waals surface area contributed by atoms with Crippen molar-refractivity contribution in [3.63, 3.8) is 0 Å². The number of amides is 1. The van der Waals surface area contributed by atoms with Gasteiger partial charge in [-0.15, -0.1) is 0 Å². The van der Waals surface area contributed by atoms with Crippen LogP contribution in [0.25, 0.3) is 22.2 Å². The van der Waals surface area contributed by atoms with Gasteiger partial charge >= 0.3 is 0 Å². The van der Waals surface area contributed by atoms with Crippen LogP contribution in [0.2, 0.25) is 5.02 Å². The van der Waals surface area contributed by atoms with E-state index in [0.717, 1.165) is 12.1 Å². The van der Waals surface area contributed by atoms with Gasteiger partial charge in [0.05, 0.1) is 28.4 Å². The number of carbonyl (C=O) groups is 1. The van der Waals surface area contributed by atoms with E-state index in [-0.39, 0.29) is 34.2 Å². The fourth-order valence-corrected chi connectivity index (χ4v) is 3.64. The first-order valence-corrected chi connectivity index (χ1v) is 10.8. The van der Waals surface area contributed by atoms with Crippen molar-refractivity contribution >= 4 is 28.4 Å². The van der Waals surface area contributed by atoms with E-state index >= 15 is 8.78 Å². The number of halogens is 3. The van der Waals surface area contributed by atoms with Gasteiger partial charge in [-0.3, -0.25) is 14.8 Å². The Bertz CT molecular complexity index is 1420. The first-order valence-electron chi connectivity index (χ1n) is 10.4. The van der Waals surface area contributed by atoms with Gasteiger partial charge in [-0.2, -0.15) is 0 Å². The molecule has 0 atom stereocenters. The molecule has 2 heterocycles. The second-order valence-electron chi connectivity index (χ2n) is 8.26. The number of primary amides is 1. The van der Waals surface area contributed by atoms with Crippen molar-refractivity contribution in [1.29, 1.82) is 0 Å². The SMILES string of the molecule is CC(C)(CO)Oc1ccc2c(Oc3c(F)cc(-c4nccc(Cl)c4C(N)=O)cc3F)ccnc2c1. The number of hydrogen-bond donors (Lipinski definition) is 2. The lowest BCUT2D eigenvalue weighted by molar-refractivity contribution is 0.0413. The smallest absolute Gasteiger partial charge is 0.252 e. The zero-order chi connectivity index (χ0) is 25.3. The molecule has 4 aromatic rings. The standard InChI is InChI=1S/C25H20ClF2N3O4/c1-25(2,12-32)35-14-3-4-15-19(11-14)30-8-6-20(15)34-23-17(27)9-13(10-18(23)28)22-21(24(29)33)16(26)5-7-31-22/h3-11,32H,12H2,1-2H3,(H2,29,33). The Morgan fingerprint density at radius 3 is 2.43 bits per heavy atom. The van der Waals surface area contributed by atoms with Gasteiger partial charge in [0, 0.05) is 29.4 Å². The van der Waals surface area contributed by atoms with Crippen molar-refractivity contribution in [1.82, 2.24) is 9.97 Å². The fraction of sp³-hybridized carbons (Fsp3) is 0.160. The minimum atomic E-state index is -1.02. The summed E-state index contributed by atoms with van der Waals surface area (Å²) in [5.74, 6) is -2.95. The van der Waals surface area contributed by atoms with Crippen LogP contribution in [0.3, 0.4) is 0 Å². The summed E-state index contributed by atoms with van der Waals surface area (Å²) in [7, 11) is 0. The van der Waals surface area contributed by atoms with E-state index in [9.17, 15) is 9.90 Å². The van der Waals surface area contributed by atoms with Crippen molar-refractivity contribution in [2.24, 2.45) is 5.73 Å². The summed E-state index contributed by atoms with van der Waals surface area (Å²) in [6.07, 6.45) is 2.73. The van der Waals surface area contributed by atoms with Crippen LogP contribution in [0.5, 0.6) is 17.2 Å². The average molecular weight is 500 g/mol. The van der Waals surface area contributed by atoms with Crippen LogP contribution in [0.1, 0.15) is 24.2 Å². The molecule has 3 N–H and O–H groups in total. The third kappa shape index (κ3) is 5.01. The van der Waals surface area contributed by atoms with Crippen LogP contribution >= 0.6 is 11.6 Å². The monoisotopic (exact) mass is 499 g/mol. The van der Waals surface area contributed by atoms with Crippen molar-refractivity contribution in [2.45, 2.75) is 19.4 Å². The van der Waals surface area contributed by atoms with Gasteiger partial charge in [0.15, 0.2) is 17.4 Å². The molecule has 1 amide bonds. The average Bonchev–Trinajstić information content (AvgIpc) is 2.80. The number of rotatable bonds is 7. The Hall–Kier alpha value is -3.82. The van der Waals surface area contributed by atoms with Gasteiger partial charge in [-0.25, -0.2) is 8.78 Å². The number of nitrogens with two attached hydrogens (primary N) is 1. The maximum absolute atomic E-state index is 15.0. The molecule has 10 heteroatoms. The number of hydrogen-bond acceptors (Lipinski definition) is 6. The maximum atomic E-state index is 15.0. The van der Waals surface area contributed by atoms with Gasteiger partial charge in [0.1, 0.15) is 17.1 Å². The number of benzene rings is 2. The zero-order valence-corrected chi connectivity index (χ0v) is 19.4. The Morgan fingerprint density at radius 1 is 1.09 bits per heavy atom. The van der Waals surface area contributed by atoms with Crippen molar-refractivity contribution < 1.29 is 28.2 Å². The summed E-state index contributed by atoms with van der Waals surface area (Å²) < 4.78 is 41.4. The molecule has 0 saturated heterocycles. The zero-order valence-electron chi connectivity index (χ0n) is 18.7. The number of ether oxygens (including phenoxy) is 2. The molecular weight excluding hydrogens is 480 g/mol. The molecule has 0 radical (unpaired) electrons. The summed E-state index contributed by atoms with van der Waals surface area (Å²) in [5.41, 5.74) is 4.78. The van der Waals surface area contributed by atoms with E-state index in [0.29, 0.717) is 16.7 Å². The Labute approximate surface area is 204 Å². The van der Waals surface area contributed by atoms with E-state index in [2.05, 4.69) is 9.97 Å². The molecule has 0 bridgehead atoms. The molecule has 35 heavy (non-hydrogen) atoms. The van der Waals surface area contributed by atoms with E-state index in [1.807, 2.05) is 0 Å². The Kier molecular flexibility index (Phi) is 6.56. The molecule has 0 unspecified atom stereocenters. The van der Waals surface area contributed by atoms with Crippen LogP contribution in [-0.4, -0.2) is 33.2 Å². The molecule has 0 saturated carbocycles. The van der Waals surface area contributed by atoms with Crippen molar-refractivity contribution in [2.75, 3.05) is 6.61 Å². The van der Waals surface area contributed by atoms with Crippen molar-refractivity contribution in [3.8, 4) is 28.5 Å². The van der Waals surface area contributed by atoms with E-state index < -0.39 is 28.9 Å². The predicted molar refractivity (Wildman–Crippen MR) is 127 cm³/mol. The normalized spacial score (nSPS) is 11.5. The predicted octanol–water partition coefficient (Wildman–Crippen LogP) is 5.27. The lowest BCUT2D eigenvalue weighted by atomic mass is 10.0. The minimum absolute atomic E-state index is 0.0117. The second-order valence-corrected chi connectivity index (χ2v) is 8.67. The highest BCUT2D eigenvalue weighted by Gasteiger charge is 2.22. The third-order valence-corrected chi connectivity index (χ3v) is 5.39. The lowest BCUT2D eigenvalue weighted by Gasteiger charge is -2.24. The summed E-state index contributed by atoms with van der Waals surface area (Å²) in [6, 6.07) is 9.69. The van der Waals surface area contributed by atoms with E-state index in [4.69, 9.17) is 26.8 Å². The minimum Gasteiger partial charge on any atom is -0.485 e. The number of aromatic nitrogens is 2. The molecule has 4 rings (SSSR count). The number of aliphatic hydroxyl groups is 1. The summed E-state index contributed by atoms with van der Waals surface area (Å²) >= 11 is 6.02. The molecule has 0 aliphatic heterocycles. The van der Waals surface area contributed by atoms with Crippen molar-refractivity contribution in [3.05, 3.63) is 77.1 Å². The number of nitrogens with zero attached hydrogens (tertiary/aromatic N) is 2. The molecule has 0 aliphatic rings. The van der Waals surface area contributed by atoms with Gasteiger partial charge in [0.2, 0.25) is 0 Å². The molecule has 0 spiro atoms. The van der Waals surface area contributed by atoms with Crippen LogP contribution < -0.4 is 15.2 Å². The molecular formula is C25H20ClF2N3O4. The summed E-state index contributed by atoms with van der Waals surface area (Å²) in [6.45, 7) is 3.26. The summed E-state index contributed by atoms with van der Waals surface area (Å²) in [4.78, 5) is 20.1. The summed E-state index contributed by atoms with van der Waals surface area (Å²) in [5, 5.41) is 9.91.